The summed E-state index contributed by atoms with van der Waals surface area (Å²) in [5.74, 6) is -1.10. The van der Waals surface area contributed by atoms with E-state index in [2.05, 4.69) is 10.6 Å². The molecule has 0 aliphatic rings. The molecule has 1 amide bonds. The summed E-state index contributed by atoms with van der Waals surface area (Å²) < 4.78 is 6.24. The molecule has 1 aromatic heterocycles. The van der Waals surface area contributed by atoms with Crippen LogP contribution in [0.15, 0.2) is 85.1 Å². The molecule has 0 spiro atoms. The van der Waals surface area contributed by atoms with Crippen LogP contribution in [0.25, 0.3) is 5.69 Å². The Balaban J connectivity index is 1.61. The molecule has 4 rings (SSSR count). The van der Waals surface area contributed by atoms with E-state index in [1.165, 1.54) is 17.9 Å². The normalized spacial score (nSPS) is 10.2. The number of nitrogens with two attached hydrogens (primary N) is 1. The first-order valence-electron chi connectivity index (χ1n) is 10.3. The molecule has 3 aromatic carbocycles. The average molecular weight is 451 g/mol. The van der Waals surface area contributed by atoms with Crippen molar-refractivity contribution < 1.29 is 14.3 Å². The highest BCUT2D eigenvalue weighted by molar-refractivity contribution is 6.07. The van der Waals surface area contributed by atoms with Crippen LogP contribution in [-0.4, -0.2) is 23.6 Å². The number of nitriles is 1. The molecule has 0 aliphatic heterocycles. The van der Waals surface area contributed by atoms with E-state index in [9.17, 15) is 14.9 Å². The van der Waals surface area contributed by atoms with E-state index in [1.54, 1.807) is 36.4 Å². The highest BCUT2D eigenvalue weighted by Crippen LogP contribution is 2.27. The van der Waals surface area contributed by atoms with E-state index in [1.807, 2.05) is 48.5 Å². The van der Waals surface area contributed by atoms with Crippen LogP contribution in [0.5, 0.6) is 0 Å². The number of esters is 1. The average Bonchev–Trinajstić information content (AvgIpc) is 3.21. The molecule has 168 valence electrons. The van der Waals surface area contributed by atoms with Crippen molar-refractivity contribution in [1.82, 2.24) is 4.57 Å². The fourth-order valence-electron chi connectivity index (χ4n) is 3.50. The van der Waals surface area contributed by atoms with Gasteiger partial charge in [-0.25, -0.2) is 4.79 Å². The van der Waals surface area contributed by atoms with Crippen molar-refractivity contribution in [3.63, 3.8) is 0 Å². The highest BCUT2D eigenvalue weighted by Gasteiger charge is 2.24. The predicted octanol–water partition coefficient (Wildman–Crippen LogP) is 4.71. The lowest BCUT2D eigenvalue weighted by molar-refractivity contribution is 0.0592. The minimum Gasteiger partial charge on any atom is -0.464 e. The van der Waals surface area contributed by atoms with E-state index in [0.29, 0.717) is 16.9 Å². The molecule has 0 saturated heterocycles. The van der Waals surface area contributed by atoms with Crippen LogP contribution in [0, 0.1) is 11.3 Å². The van der Waals surface area contributed by atoms with Gasteiger partial charge in [0.15, 0.2) is 5.69 Å². The number of benzene rings is 3. The van der Waals surface area contributed by atoms with Crippen molar-refractivity contribution >= 4 is 34.6 Å². The van der Waals surface area contributed by atoms with E-state index >= 15 is 0 Å². The van der Waals surface area contributed by atoms with Crippen LogP contribution >= 0.6 is 0 Å². The van der Waals surface area contributed by atoms with Gasteiger partial charge in [0.25, 0.3) is 5.91 Å². The fraction of sp³-hybridized carbons (Fsp3) is 0.0385. The van der Waals surface area contributed by atoms with E-state index in [4.69, 9.17) is 10.5 Å². The number of carbonyl (C=O) groups is 2. The maximum Gasteiger partial charge on any atom is 0.357 e. The second-order valence-electron chi connectivity index (χ2n) is 7.32. The van der Waals surface area contributed by atoms with Crippen molar-refractivity contribution in [2.24, 2.45) is 0 Å². The molecule has 0 bridgehead atoms. The number of hydrogen-bond acceptors (Lipinski definition) is 6. The number of ether oxygens (including phenoxy) is 1. The van der Waals surface area contributed by atoms with Crippen molar-refractivity contribution in [2.75, 3.05) is 23.5 Å². The maximum absolute atomic E-state index is 13.1. The number of nitrogens with zero attached hydrogens (tertiary/aromatic N) is 2. The summed E-state index contributed by atoms with van der Waals surface area (Å²) in [5, 5.41) is 15.5. The molecular weight excluding hydrogens is 430 g/mol. The topological polar surface area (TPSA) is 122 Å². The van der Waals surface area contributed by atoms with Crippen LogP contribution < -0.4 is 16.4 Å². The first kappa shape index (κ1) is 22.2. The number of para-hydroxylation sites is 2. The van der Waals surface area contributed by atoms with Gasteiger partial charge in [-0.05, 0) is 48.5 Å². The molecule has 0 saturated carbocycles. The fourth-order valence-corrected chi connectivity index (χ4v) is 3.50. The van der Waals surface area contributed by atoms with E-state index < -0.39 is 5.97 Å². The van der Waals surface area contributed by atoms with E-state index in [-0.39, 0.29) is 22.9 Å². The quantitative estimate of drug-likeness (QED) is 0.365. The standard InChI is InChI=1S/C26H21N5O3/c1-34-26(33)24-23(28)17(15-27)16-31(24)22-10-6-5-9-21(22)25(32)30-20-13-11-19(12-14-20)29-18-7-3-2-4-8-18/h2-14,16,29H,28H2,1H3,(H,30,32). The van der Waals surface area contributed by atoms with Crippen LogP contribution in [0.4, 0.5) is 22.7 Å². The number of hydrogen-bond donors (Lipinski definition) is 3. The van der Waals surface area contributed by atoms with E-state index in [0.717, 1.165) is 11.4 Å². The van der Waals surface area contributed by atoms with Crippen LogP contribution in [0.3, 0.4) is 0 Å². The summed E-state index contributed by atoms with van der Waals surface area (Å²) in [5.41, 5.74) is 9.18. The molecule has 1 heterocycles. The third-order valence-corrected chi connectivity index (χ3v) is 5.16. The van der Waals surface area contributed by atoms with Crippen LogP contribution in [-0.2, 0) is 4.74 Å². The minimum absolute atomic E-state index is 0.00827. The molecule has 0 radical (unpaired) electrons. The Morgan fingerprint density at radius 2 is 1.53 bits per heavy atom. The molecule has 8 heteroatoms. The Labute approximate surface area is 196 Å². The Bertz CT molecular complexity index is 1390. The van der Waals surface area contributed by atoms with Crippen LogP contribution in [0.2, 0.25) is 0 Å². The molecule has 0 aliphatic carbocycles. The third kappa shape index (κ3) is 4.45. The van der Waals surface area contributed by atoms with Gasteiger partial charge in [-0.1, -0.05) is 30.3 Å². The first-order valence-corrected chi connectivity index (χ1v) is 10.3. The zero-order valence-corrected chi connectivity index (χ0v) is 18.3. The first-order chi connectivity index (χ1) is 16.5. The second-order valence-corrected chi connectivity index (χ2v) is 7.32. The van der Waals surface area contributed by atoms with Crippen LogP contribution in [0.1, 0.15) is 26.4 Å². The summed E-state index contributed by atoms with van der Waals surface area (Å²) >= 11 is 0. The van der Waals surface area contributed by atoms with Gasteiger partial charge in [-0.2, -0.15) is 5.26 Å². The van der Waals surface area contributed by atoms with Gasteiger partial charge in [0, 0.05) is 23.3 Å². The molecule has 0 fully saturated rings. The summed E-state index contributed by atoms with van der Waals surface area (Å²) in [4.78, 5) is 25.5. The molecule has 34 heavy (non-hydrogen) atoms. The molecule has 4 aromatic rings. The monoisotopic (exact) mass is 451 g/mol. The van der Waals surface area contributed by atoms with Gasteiger partial charge < -0.3 is 25.7 Å². The molecular formula is C26H21N5O3. The van der Waals surface area contributed by atoms with Gasteiger partial charge in [0.05, 0.1) is 29.6 Å². The highest BCUT2D eigenvalue weighted by atomic mass is 16.5. The number of methoxy groups -OCH3 is 1. The van der Waals surface area contributed by atoms with Gasteiger partial charge in [-0.15, -0.1) is 0 Å². The van der Waals surface area contributed by atoms with Gasteiger partial charge >= 0.3 is 5.97 Å². The predicted molar refractivity (Wildman–Crippen MR) is 130 cm³/mol. The number of nitrogen functional groups attached to an aromatic ring is 1. The van der Waals surface area contributed by atoms with Crippen molar-refractivity contribution in [2.45, 2.75) is 0 Å². The Morgan fingerprint density at radius 1 is 0.912 bits per heavy atom. The molecule has 8 nitrogen and oxygen atoms in total. The number of amides is 1. The Hall–Kier alpha value is -5.03. The summed E-state index contributed by atoms with van der Waals surface area (Å²) in [6, 6.07) is 25.7. The lowest BCUT2D eigenvalue weighted by Crippen LogP contribution is -2.17. The number of carbonyl (C=O) groups excluding carboxylic acids is 2. The van der Waals surface area contributed by atoms with Gasteiger partial charge in [0.2, 0.25) is 0 Å². The molecule has 0 atom stereocenters. The Kier molecular flexibility index (Phi) is 6.28. The van der Waals surface area contributed by atoms with Gasteiger partial charge in [-0.3, -0.25) is 4.79 Å². The Morgan fingerprint density at radius 3 is 2.21 bits per heavy atom. The number of nitrogens with one attached hydrogen (secondary N) is 2. The van der Waals surface area contributed by atoms with Crippen molar-refractivity contribution in [3.05, 3.63) is 102 Å². The second kappa shape index (κ2) is 9.63. The van der Waals surface area contributed by atoms with Crippen molar-refractivity contribution in [3.8, 4) is 11.8 Å². The minimum atomic E-state index is -0.712. The lowest BCUT2D eigenvalue weighted by atomic mass is 10.1. The zero-order valence-electron chi connectivity index (χ0n) is 18.3. The van der Waals surface area contributed by atoms with Gasteiger partial charge in [0.1, 0.15) is 6.07 Å². The maximum atomic E-state index is 13.1. The summed E-state index contributed by atoms with van der Waals surface area (Å²) in [7, 11) is 1.22. The molecule has 4 N–H and O–H groups in total. The number of aromatic nitrogens is 1. The van der Waals surface area contributed by atoms with Crippen molar-refractivity contribution in [1.29, 1.82) is 5.26 Å². The zero-order chi connectivity index (χ0) is 24.1. The number of rotatable bonds is 6. The summed E-state index contributed by atoms with van der Waals surface area (Å²) in [6.45, 7) is 0. The smallest absolute Gasteiger partial charge is 0.357 e. The largest absolute Gasteiger partial charge is 0.464 e. The molecule has 0 unspecified atom stereocenters. The number of anilines is 4. The SMILES string of the molecule is COC(=O)c1c(N)c(C#N)cn1-c1ccccc1C(=O)Nc1ccc(Nc2ccccc2)cc1. The lowest BCUT2D eigenvalue weighted by Gasteiger charge is -2.14. The third-order valence-electron chi connectivity index (χ3n) is 5.16. The summed E-state index contributed by atoms with van der Waals surface area (Å²) in [6.07, 6.45) is 1.41.